The molecule has 1 N–H and O–H groups in total. The average Bonchev–Trinajstić information content (AvgIpc) is 2.89. The lowest BCUT2D eigenvalue weighted by Crippen LogP contribution is -2.23. The van der Waals surface area contributed by atoms with E-state index in [0.717, 1.165) is 22.5 Å². The van der Waals surface area contributed by atoms with E-state index in [-0.39, 0.29) is 11.7 Å². The molecule has 0 atom stereocenters. The first-order valence-electron chi connectivity index (χ1n) is 7.80. The minimum atomic E-state index is -0.302. The Balaban J connectivity index is 1.80. The van der Waals surface area contributed by atoms with Gasteiger partial charge in [0, 0.05) is 25.0 Å². The van der Waals surface area contributed by atoms with E-state index < -0.39 is 0 Å². The molecule has 2 aromatic carbocycles. The van der Waals surface area contributed by atoms with Crippen LogP contribution in [0.3, 0.4) is 0 Å². The van der Waals surface area contributed by atoms with E-state index in [2.05, 4.69) is 5.32 Å². The van der Waals surface area contributed by atoms with E-state index in [1.165, 1.54) is 12.1 Å². The fraction of sp³-hybridized carbons (Fsp3) is 0.150. The molecule has 0 fully saturated rings. The Morgan fingerprint density at radius 3 is 2.54 bits per heavy atom. The molecule has 3 aromatic rings. The third-order valence-electron chi connectivity index (χ3n) is 4.19. The van der Waals surface area contributed by atoms with Crippen LogP contribution < -0.4 is 5.32 Å². The number of hydrogen-bond donors (Lipinski definition) is 1. The predicted octanol–water partition coefficient (Wildman–Crippen LogP) is 4.07. The van der Waals surface area contributed by atoms with Crippen LogP contribution in [0.4, 0.5) is 4.39 Å². The first kappa shape index (κ1) is 16.0. The number of halogens is 1. The maximum Gasteiger partial charge on any atom is 0.253 e. The lowest BCUT2D eigenvalue weighted by Gasteiger charge is -2.06. The second kappa shape index (κ2) is 6.71. The Morgan fingerprint density at radius 2 is 1.83 bits per heavy atom. The molecule has 0 aliphatic heterocycles. The van der Waals surface area contributed by atoms with Crippen molar-refractivity contribution < 1.29 is 9.18 Å². The molecular formula is C20H19FN2O. The van der Waals surface area contributed by atoms with Gasteiger partial charge in [-0.05, 0) is 36.2 Å². The smallest absolute Gasteiger partial charge is 0.253 e. The summed E-state index contributed by atoms with van der Waals surface area (Å²) < 4.78 is 15.2. The van der Waals surface area contributed by atoms with Crippen molar-refractivity contribution in [3.8, 4) is 11.3 Å². The number of nitrogens with zero attached hydrogens (tertiary/aromatic N) is 1. The molecule has 0 aliphatic rings. The molecule has 0 aliphatic carbocycles. The number of benzene rings is 2. The number of rotatable bonds is 4. The molecule has 0 saturated heterocycles. The molecule has 0 radical (unpaired) electrons. The lowest BCUT2D eigenvalue weighted by molar-refractivity contribution is 0.0950. The summed E-state index contributed by atoms with van der Waals surface area (Å²) >= 11 is 0. The molecule has 1 amide bonds. The maximum atomic E-state index is 13.2. The zero-order valence-corrected chi connectivity index (χ0v) is 13.7. The van der Waals surface area contributed by atoms with Crippen molar-refractivity contribution in [3.05, 3.63) is 83.3 Å². The highest BCUT2D eigenvalue weighted by Crippen LogP contribution is 2.24. The monoisotopic (exact) mass is 322 g/mol. The van der Waals surface area contributed by atoms with Gasteiger partial charge in [0.1, 0.15) is 5.82 Å². The maximum absolute atomic E-state index is 13.2. The van der Waals surface area contributed by atoms with Gasteiger partial charge in [-0.2, -0.15) is 0 Å². The second-order valence-electron chi connectivity index (χ2n) is 5.77. The summed E-state index contributed by atoms with van der Waals surface area (Å²) in [6.07, 6.45) is 0. The van der Waals surface area contributed by atoms with Gasteiger partial charge in [0.2, 0.25) is 0 Å². The number of hydrogen-bond acceptors (Lipinski definition) is 1. The molecule has 122 valence electrons. The summed E-state index contributed by atoms with van der Waals surface area (Å²) in [5, 5.41) is 2.86. The van der Waals surface area contributed by atoms with Crippen LogP contribution in [0, 0.1) is 12.7 Å². The normalized spacial score (nSPS) is 10.6. The van der Waals surface area contributed by atoms with Gasteiger partial charge < -0.3 is 9.88 Å². The summed E-state index contributed by atoms with van der Waals surface area (Å²) in [6, 6.07) is 18.1. The highest BCUT2D eigenvalue weighted by Gasteiger charge is 2.16. The Kier molecular flexibility index (Phi) is 4.47. The van der Waals surface area contributed by atoms with Gasteiger partial charge in [0.05, 0.1) is 5.56 Å². The minimum absolute atomic E-state index is 0.158. The minimum Gasteiger partial charge on any atom is -0.348 e. The van der Waals surface area contributed by atoms with E-state index in [0.29, 0.717) is 12.1 Å². The standard InChI is InChI=1S/C20H19FN2O/c1-14-18(12-19(23(14)2)16-8-4-3-5-9-16)20(24)22-13-15-7-6-10-17(21)11-15/h3-12H,13H2,1-2H3,(H,22,24). The van der Waals surface area contributed by atoms with Gasteiger partial charge in [0.15, 0.2) is 0 Å². The van der Waals surface area contributed by atoms with Crippen LogP contribution in [0.15, 0.2) is 60.7 Å². The van der Waals surface area contributed by atoms with Gasteiger partial charge in [0.25, 0.3) is 5.91 Å². The average molecular weight is 322 g/mol. The fourth-order valence-electron chi connectivity index (χ4n) is 2.74. The molecule has 3 nitrogen and oxygen atoms in total. The fourth-order valence-corrected chi connectivity index (χ4v) is 2.74. The quantitative estimate of drug-likeness (QED) is 0.772. The van der Waals surface area contributed by atoms with Gasteiger partial charge in [-0.3, -0.25) is 4.79 Å². The Hall–Kier alpha value is -2.88. The van der Waals surface area contributed by atoms with E-state index in [1.807, 2.05) is 54.9 Å². The van der Waals surface area contributed by atoms with Gasteiger partial charge >= 0.3 is 0 Å². The van der Waals surface area contributed by atoms with Crippen LogP contribution in [-0.4, -0.2) is 10.5 Å². The number of carbonyl (C=O) groups excluding carboxylic acids is 1. The molecule has 24 heavy (non-hydrogen) atoms. The summed E-state index contributed by atoms with van der Waals surface area (Å²) in [5.41, 5.74) is 4.31. The van der Waals surface area contributed by atoms with Crippen molar-refractivity contribution in [1.82, 2.24) is 9.88 Å². The Bertz CT molecular complexity index is 869. The van der Waals surface area contributed by atoms with Crippen molar-refractivity contribution in [3.63, 3.8) is 0 Å². The number of amides is 1. The lowest BCUT2D eigenvalue weighted by atomic mass is 10.1. The highest BCUT2D eigenvalue weighted by molar-refractivity contribution is 5.96. The molecule has 1 aromatic heterocycles. The van der Waals surface area contributed by atoms with Crippen molar-refractivity contribution in [2.45, 2.75) is 13.5 Å². The van der Waals surface area contributed by atoms with Crippen LogP contribution in [0.25, 0.3) is 11.3 Å². The van der Waals surface area contributed by atoms with Crippen LogP contribution >= 0.6 is 0 Å². The molecule has 0 unspecified atom stereocenters. The van der Waals surface area contributed by atoms with E-state index in [1.54, 1.807) is 12.1 Å². The van der Waals surface area contributed by atoms with Crippen molar-refractivity contribution >= 4 is 5.91 Å². The van der Waals surface area contributed by atoms with Crippen LogP contribution in [0.2, 0.25) is 0 Å². The number of carbonyl (C=O) groups is 1. The first-order valence-corrected chi connectivity index (χ1v) is 7.80. The Morgan fingerprint density at radius 1 is 1.08 bits per heavy atom. The first-order chi connectivity index (χ1) is 11.6. The molecule has 4 heteroatoms. The zero-order valence-electron chi connectivity index (χ0n) is 13.7. The van der Waals surface area contributed by atoms with Crippen molar-refractivity contribution in [1.29, 1.82) is 0 Å². The van der Waals surface area contributed by atoms with E-state index in [9.17, 15) is 9.18 Å². The van der Waals surface area contributed by atoms with Gasteiger partial charge in [-0.25, -0.2) is 4.39 Å². The molecule has 0 saturated carbocycles. The molecule has 0 spiro atoms. The Labute approximate surface area is 140 Å². The van der Waals surface area contributed by atoms with Crippen molar-refractivity contribution in [2.24, 2.45) is 7.05 Å². The third-order valence-corrected chi connectivity index (χ3v) is 4.19. The summed E-state index contributed by atoms with van der Waals surface area (Å²) in [7, 11) is 1.95. The highest BCUT2D eigenvalue weighted by atomic mass is 19.1. The summed E-state index contributed by atoms with van der Waals surface area (Å²) in [4.78, 5) is 12.5. The van der Waals surface area contributed by atoms with Gasteiger partial charge in [-0.1, -0.05) is 42.5 Å². The zero-order chi connectivity index (χ0) is 17.1. The predicted molar refractivity (Wildman–Crippen MR) is 93.2 cm³/mol. The van der Waals surface area contributed by atoms with Crippen LogP contribution in [0.5, 0.6) is 0 Å². The second-order valence-corrected chi connectivity index (χ2v) is 5.77. The molecular weight excluding hydrogens is 303 g/mol. The number of aromatic nitrogens is 1. The third kappa shape index (κ3) is 3.23. The SMILES string of the molecule is Cc1c(C(=O)NCc2cccc(F)c2)cc(-c2ccccc2)n1C. The largest absolute Gasteiger partial charge is 0.348 e. The molecule has 0 bridgehead atoms. The summed E-state index contributed by atoms with van der Waals surface area (Å²) in [5.74, 6) is -0.460. The summed E-state index contributed by atoms with van der Waals surface area (Å²) in [6.45, 7) is 2.22. The number of nitrogens with one attached hydrogen (secondary N) is 1. The van der Waals surface area contributed by atoms with Crippen LogP contribution in [0.1, 0.15) is 21.6 Å². The topological polar surface area (TPSA) is 34.0 Å². The molecule has 1 heterocycles. The van der Waals surface area contributed by atoms with E-state index >= 15 is 0 Å². The van der Waals surface area contributed by atoms with Gasteiger partial charge in [-0.15, -0.1) is 0 Å². The van der Waals surface area contributed by atoms with E-state index in [4.69, 9.17) is 0 Å². The molecule has 3 rings (SSSR count). The van der Waals surface area contributed by atoms with Crippen LogP contribution in [-0.2, 0) is 13.6 Å². The van der Waals surface area contributed by atoms with Crippen molar-refractivity contribution in [2.75, 3.05) is 0 Å².